The molecule has 26 heavy (non-hydrogen) atoms. The van der Waals surface area contributed by atoms with E-state index in [0.29, 0.717) is 6.61 Å². The topological polar surface area (TPSA) is 21.7 Å². The van der Waals surface area contributed by atoms with Crippen LogP contribution in [-0.2, 0) is 0 Å². The smallest absolute Gasteiger partial charge is 0.119 e. The molecule has 0 spiro atoms. The van der Waals surface area contributed by atoms with Gasteiger partial charge in [0, 0.05) is 17.1 Å². The highest BCUT2D eigenvalue weighted by atomic mass is 16.5. The summed E-state index contributed by atoms with van der Waals surface area (Å²) in [5, 5.41) is 0. The molecular formula is C23H23NO2. The fourth-order valence-electron chi connectivity index (χ4n) is 2.80. The first-order valence-corrected chi connectivity index (χ1v) is 8.64. The maximum Gasteiger partial charge on any atom is 0.119 e. The fourth-order valence-corrected chi connectivity index (χ4v) is 2.80. The van der Waals surface area contributed by atoms with Crippen molar-refractivity contribution >= 4 is 23.1 Å². The van der Waals surface area contributed by atoms with E-state index in [9.17, 15) is 0 Å². The van der Waals surface area contributed by atoms with Crippen LogP contribution in [-0.4, -0.2) is 13.7 Å². The van der Waals surface area contributed by atoms with Gasteiger partial charge in [0.25, 0.3) is 0 Å². The van der Waals surface area contributed by atoms with Crippen LogP contribution in [0.4, 0.5) is 17.1 Å². The second kappa shape index (κ2) is 8.26. The first-order valence-electron chi connectivity index (χ1n) is 8.64. The molecule has 0 amide bonds. The van der Waals surface area contributed by atoms with E-state index in [0.717, 1.165) is 34.1 Å². The van der Waals surface area contributed by atoms with Gasteiger partial charge in [-0.3, -0.25) is 0 Å². The van der Waals surface area contributed by atoms with Crippen LogP contribution in [0.5, 0.6) is 11.5 Å². The minimum absolute atomic E-state index is 0.657. The number of methoxy groups -OCH3 is 1. The van der Waals surface area contributed by atoms with E-state index in [-0.39, 0.29) is 0 Å². The summed E-state index contributed by atoms with van der Waals surface area (Å²) >= 11 is 0. The highest BCUT2D eigenvalue weighted by Crippen LogP contribution is 2.36. The van der Waals surface area contributed by atoms with E-state index in [4.69, 9.17) is 9.47 Å². The molecule has 0 heterocycles. The van der Waals surface area contributed by atoms with Gasteiger partial charge >= 0.3 is 0 Å². The summed E-state index contributed by atoms with van der Waals surface area (Å²) in [5.74, 6) is 1.70. The Morgan fingerprint density at radius 2 is 1.23 bits per heavy atom. The van der Waals surface area contributed by atoms with Crippen molar-refractivity contribution in [2.75, 3.05) is 18.6 Å². The third kappa shape index (κ3) is 3.89. The van der Waals surface area contributed by atoms with Crippen molar-refractivity contribution in [1.82, 2.24) is 0 Å². The van der Waals surface area contributed by atoms with Gasteiger partial charge in [0.1, 0.15) is 11.5 Å². The van der Waals surface area contributed by atoms with Crippen LogP contribution in [0.25, 0.3) is 6.08 Å². The van der Waals surface area contributed by atoms with Crippen LogP contribution in [0.1, 0.15) is 12.5 Å². The first kappa shape index (κ1) is 17.6. The van der Waals surface area contributed by atoms with Crippen molar-refractivity contribution in [3.05, 3.63) is 84.9 Å². The van der Waals surface area contributed by atoms with E-state index in [1.54, 1.807) is 7.11 Å². The summed E-state index contributed by atoms with van der Waals surface area (Å²) in [4.78, 5) is 2.20. The first-order chi connectivity index (χ1) is 12.7. The molecule has 3 heteroatoms. The van der Waals surface area contributed by atoms with E-state index in [2.05, 4.69) is 60.0 Å². The van der Waals surface area contributed by atoms with E-state index >= 15 is 0 Å². The van der Waals surface area contributed by atoms with Crippen LogP contribution in [0.15, 0.2) is 79.4 Å². The Morgan fingerprint density at radius 1 is 0.769 bits per heavy atom. The monoisotopic (exact) mass is 345 g/mol. The number of nitrogens with zero attached hydrogens (tertiary/aromatic N) is 1. The summed E-state index contributed by atoms with van der Waals surface area (Å²) < 4.78 is 10.9. The summed E-state index contributed by atoms with van der Waals surface area (Å²) in [6.07, 6.45) is 1.85. The van der Waals surface area contributed by atoms with E-state index < -0.39 is 0 Å². The Bertz CT molecular complexity index is 837. The number of hydrogen-bond acceptors (Lipinski definition) is 3. The van der Waals surface area contributed by atoms with Gasteiger partial charge in [-0.15, -0.1) is 0 Å². The molecule has 0 radical (unpaired) electrons. The molecule has 132 valence electrons. The molecule has 3 nitrogen and oxygen atoms in total. The molecule has 3 aromatic rings. The Labute approximate surface area is 155 Å². The zero-order chi connectivity index (χ0) is 18.4. The zero-order valence-corrected chi connectivity index (χ0v) is 15.2. The normalized spacial score (nSPS) is 10.2. The van der Waals surface area contributed by atoms with Crippen LogP contribution >= 0.6 is 0 Å². The number of hydrogen-bond donors (Lipinski definition) is 0. The van der Waals surface area contributed by atoms with Crippen LogP contribution in [0, 0.1) is 0 Å². The SMILES string of the molecule is C=Cc1ccc(N(c2ccc(OC)cc2)c2ccc(OCC)cc2)cc1. The molecule has 3 rings (SSSR count). The molecule has 0 aromatic heterocycles. The lowest BCUT2D eigenvalue weighted by molar-refractivity contribution is 0.340. The van der Waals surface area contributed by atoms with Crippen molar-refractivity contribution < 1.29 is 9.47 Å². The van der Waals surface area contributed by atoms with Crippen LogP contribution in [0.2, 0.25) is 0 Å². The average molecular weight is 345 g/mol. The van der Waals surface area contributed by atoms with Crippen molar-refractivity contribution in [1.29, 1.82) is 0 Å². The predicted molar refractivity (Wildman–Crippen MR) is 109 cm³/mol. The van der Waals surface area contributed by atoms with Crippen LogP contribution in [0.3, 0.4) is 0 Å². The molecule has 0 aliphatic carbocycles. The number of ether oxygens (including phenoxy) is 2. The molecule has 0 unspecified atom stereocenters. The Morgan fingerprint density at radius 3 is 1.65 bits per heavy atom. The molecule has 0 aliphatic heterocycles. The standard InChI is InChI=1S/C23H23NO2/c1-4-18-6-8-19(9-7-18)24(20-10-14-22(25-3)15-11-20)21-12-16-23(17-13-21)26-5-2/h4,6-17H,1,5H2,2-3H3. The molecule has 0 bridgehead atoms. The second-order valence-corrected chi connectivity index (χ2v) is 5.76. The molecule has 0 atom stereocenters. The Hall–Kier alpha value is -3.20. The molecular weight excluding hydrogens is 322 g/mol. The minimum Gasteiger partial charge on any atom is -0.497 e. The molecule has 0 aliphatic rings. The van der Waals surface area contributed by atoms with Crippen LogP contribution < -0.4 is 14.4 Å². The third-order valence-corrected chi connectivity index (χ3v) is 4.12. The highest BCUT2D eigenvalue weighted by Gasteiger charge is 2.12. The zero-order valence-electron chi connectivity index (χ0n) is 15.2. The Kier molecular flexibility index (Phi) is 5.59. The van der Waals surface area contributed by atoms with Gasteiger partial charge in [0.15, 0.2) is 0 Å². The summed E-state index contributed by atoms with van der Waals surface area (Å²) in [6.45, 7) is 6.47. The van der Waals surface area contributed by atoms with Gasteiger partial charge in [-0.25, -0.2) is 0 Å². The molecule has 0 N–H and O–H groups in total. The minimum atomic E-state index is 0.657. The highest BCUT2D eigenvalue weighted by molar-refractivity contribution is 5.77. The largest absolute Gasteiger partial charge is 0.497 e. The van der Waals surface area contributed by atoms with Crippen molar-refractivity contribution in [2.24, 2.45) is 0 Å². The lowest BCUT2D eigenvalue weighted by Gasteiger charge is -2.26. The van der Waals surface area contributed by atoms with Gasteiger partial charge in [-0.1, -0.05) is 24.8 Å². The summed E-state index contributed by atoms with van der Waals surface area (Å²) in [6, 6.07) is 24.5. The number of rotatable bonds is 7. The maximum absolute atomic E-state index is 5.57. The van der Waals surface area contributed by atoms with Gasteiger partial charge in [0.2, 0.25) is 0 Å². The number of anilines is 3. The summed E-state index contributed by atoms with van der Waals surface area (Å²) in [7, 11) is 1.67. The van der Waals surface area contributed by atoms with Crippen molar-refractivity contribution in [3.8, 4) is 11.5 Å². The van der Waals surface area contributed by atoms with Gasteiger partial charge in [-0.2, -0.15) is 0 Å². The molecule has 0 saturated heterocycles. The van der Waals surface area contributed by atoms with Crippen molar-refractivity contribution in [3.63, 3.8) is 0 Å². The summed E-state index contributed by atoms with van der Waals surface area (Å²) in [5.41, 5.74) is 4.28. The number of benzene rings is 3. The van der Waals surface area contributed by atoms with E-state index in [1.165, 1.54) is 0 Å². The molecule has 3 aromatic carbocycles. The Balaban J connectivity index is 2.03. The lowest BCUT2D eigenvalue weighted by atomic mass is 10.1. The van der Waals surface area contributed by atoms with Crippen molar-refractivity contribution in [2.45, 2.75) is 6.92 Å². The van der Waals surface area contributed by atoms with E-state index in [1.807, 2.05) is 37.3 Å². The maximum atomic E-state index is 5.57. The average Bonchev–Trinajstić information content (AvgIpc) is 2.71. The van der Waals surface area contributed by atoms with Gasteiger partial charge in [-0.05, 0) is 73.2 Å². The lowest BCUT2D eigenvalue weighted by Crippen LogP contribution is -2.09. The van der Waals surface area contributed by atoms with Gasteiger partial charge in [0.05, 0.1) is 13.7 Å². The third-order valence-electron chi connectivity index (χ3n) is 4.12. The second-order valence-electron chi connectivity index (χ2n) is 5.76. The van der Waals surface area contributed by atoms with Gasteiger partial charge < -0.3 is 14.4 Å². The molecule has 0 saturated carbocycles. The quantitative estimate of drug-likeness (QED) is 0.508. The predicted octanol–water partition coefficient (Wildman–Crippen LogP) is 6.21. The fraction of sp³-hybridized carbons (Fsp3) is 0.130. The molecule has 0 fully saturated rings.